The smallest absolute Gasteiger partial charge is 0.226 e. The molecule has 2 aromatic rings. The molecule has 2 rings (SSSR count). The predicted molar refractivity (Wildman–Crippen MR) is 92.6 cm³/mol. The van der Waals surface area contributed by atoms with Gasteiger partial charge in [-0.1, -0.05) is 32.0 Å². The maximum absolute atomic E-state index is 12.5. The largest absolute Gasteiger partial charge is 0.497 e. The van der Waals surface area contributed by atoms with E-state index in [4.69, 9.17) is 4.74 Å². The van der Waals surface area contributed by atoms with E-state index in [1.54, 1.807) is 49.6 Å². The molecule has 0 unspecified atom stereocenters. The van der Waals surface area contributed by atoms with E-state index in [-0.39, 0.29) is 11.9 Å². The topological polar surface area (TPSA) is 58.6 Å². The number of rotatable bonds is 7. The minimum atomic E-state index is -0.846. The van der Waals surface area contributed by atoms with Gasteiger partial charge in [-0.2, -0.15) is 0 Å². The number of methoxy groups -OCH3 is 1. The highest BCUT2D eigenvalue weighted by molar-refractivity contribution is 7.10. The lowest BCUT2D eigenvalue weighted by Gasteiger charge is -2.22. The molecule has 1 aromatic heterocycles. The van der Waals surface area contributed by atoms with Gasteiger partial charge in [0.25, 0.3) is 0 Å². The molecule has 1 amide bonds. The third kappa shape index (κ3) is 4.33. The Morgan fingerprint density at radius 3 is 2.52 bits per heavy atom. The molecule has 0 aliphatic heterocycles. The summed E-state index contributed by atoms with van der Waals surface area (Å²) in [6.07, 6.45) is -0.0285. The molecule has 1 heterocycles. The molecule has 23 heavy (non-hydrogen) atoms. The summed E-state index contributed by atoms with van der Waals surface area (Å²) in [5, 5.41) is 15.5. The number of amides is 1. The minimum absolute atomic E-state index is 0.00647. The standard InChI is InChI=1S/C18H23NO3S/c1-4-15(16-6-5-11-23-16)19-18(21)12(2)17(20)13-7-9-14(22-3)10-8-13/h5-12,15,17,20H,4H2,1-3H3,(H,19,21)/t12-,15+,17-/m1/s1. The first-order valence-electron chi connectivity index (χ1n) is 7.72. The van der Waals surface area contributed by atoms with Crippen LogP contribution < -0.4 is 10.1 Å². The highest BCUT2D eigenvalue weighted by atomic mass is 32.1. The summed E-state index contributed by atoms with van der Waals surface area (Å²) in [6, 6.07) is 11.1. The van der Waals surface area contributed by atoms with Crippen LogP contribution in [0.2, 0.25) is 0 Å². The van der Waals surface area contributed by atoms with Crippen LogP contribution in [0.4, 0.5) is 0 Å². The Bertz CT molecular complexity index is 610. The van der Waals surface area contributed by atoms with E-state index in [0.29, 0.717) is 5.56 Å². The second-order valence-corrected chi connectivity index (χ2v) is 6.47. The van der Waals surface area contributed by atoms with Gasteiger partial charge < -0.3 is 15.2 Å². The quantitative estimate of drug-likeness (QED) is 0.812. The number of ether oxygens (including phenoxy) is 1. The van der Waals surface area contributed by atoms with E-state index >= 15 is 0 Å². The van der Waals surface area contributed by atoms with Crippen LogP contribution in [0, 0.1) is 5.92 Å². The summed E-state index contributed by atoms with van der Waals surface area (Å²) in [6.45, 7) is 3.78. The number of thiophene rings is 1. The average molecular weight is 333 g/mol. The first-order chi connectivity index (χ1) is 11.1. The van der Waals surface area contributed by atoms with Crippen LogP contribution in [0.3, 0.4) is 0 Å². The van der Waals surface area contributed by atoms with Gasteiger partial charge in [-0.15, -0.1) is 11.3 Å². The van der Waals surface area contributed by atoms with Gasteiger partial charge in [-0.05, 0) is 35.6 Å². The molecule has 5 heteroatoms. The Balaban J connectivity index is 2.02. The molecule has 0 aliphatic carbocycles. The molecule has 0 spiro atoms. The molecule has 124 valence electrons. The maximum atomic E-state index is 12.5. The molecule has 0 saturated heterocycles. The Morgan fingerprint density at radius 2 is 2.00 bits per heavy atom. The summed E-state index contributed by atoms with van der Waals surface area (Å²) in [5.74, 6) is 0.0489. The van der Waals surface area contributed by atoms with E-state index in [1.165, 1.54) is 0 Å². The molecule has 3 atom stereocenters. The Morgan fingerprint density at radius 1 is 1.30 bits per heavy atom. The fraction of sp³-hybridized carbons (Fsp3) is 0.389. The number of carbonyl (C=O) groups is 1. The van der Waals surface area contributed by atoms with E-state index < -0.39 is 12.0 Å². The van der Waals surface area contributed by atoms with Gasteiger partial charge in [-0.3, -0.25) is 4.79 Å². The first kappa shape index (κ1) is 17.5. The number of aliphatic hydroxyl groups excluding tert-OH is 1. The minimum Gasteiger partial charge on any atom is -0.497 e. The number of benzene rings is 1. The summed E-state index contributed by atoms with van der Waals surface area (Å²) < 4.78 is 5.11. The van der Waals surface area contributed by atoms with Crippen LogP contribution in [0.25, 0.3) is 0 Å². The van der Waals surface area contributed by atoms with Crippen LogP contribution in [0.5, 0.6) is 5.75 Å². The van der Waals surface area contributed by atoms with Crippen molar-refractivity contribution in [2.75, 3.05) is 7.11 Å². The summed E-state index contributed by atoms with van der Waals surface area (Å²) in [4.78, 5) is 13.6. The molecule has 0 bridgehead atoms. The highest BCUT2D eigenvalue weighted by Crippen LogP contribution is 2.26. The summed E-state index contributed by atoms with van der Waals surface area (Å²) >= 11 is 1.63. The van der Waals surface area contributed by atoms with Crippen molar-refractivity contribution in [3.05, 3.63) is 52.2 Å². The zero-order valence-electron chi connectivity index (χ0n) is 13.7. The van der Waals surface area contributed by atoms with Gasteiger partial charge in [0.2, 0.25) is 5.91 Å². The third-order valence-electron chi connectivity index (χ3n) is 3.96. The number of aliphatic hydroxyl groups is 1. The lowest BCUT2D eigenvalue weighted by molar-refractivity contribution is -0.128. The van der Waals surface area contributed by atoms with E-state index in [1.807, 2.05) is 24.4 Å². The van der Waals surface area contributed by atoms with E-state index in [2.05, 4.69) is 5.32 Å². The second-order valence-electron chi connectivity index (χ2n) is 5.49. The van der Waals surface area contributed by atoms with Gasteiger partial charge in [0, 0.05) is 4.88 Å². The van der Waals surface area contributed by atoms with Crippen molar-refractivity contribution in [1.82, 2.24) is 5.32 Å². The van der Waals surface area contributed by atoms with E-state index in [9.17, 15) is 9.90 Å². The molecular weight excluding hydrogens is 310 g/mol. The fourth-order valence-corrected chi connectivity index (χ4v) is 3.26. The monoisotopic (exact) mass is 333 g/mol. The molecular formula is C18H23NO3S. The highest BCUT2D eigenvalue weighted by Gasteiger charge is 2.25. The number of carbonyl (C=O) groups excluding carboxylic acids is 1. The molecule has 0 aliphatic rings. The van der Waals surface area contributed by atoms with Gasteiger partial charge >= 0.3 is 0 Å². The molecule has 1 aromatic carbocycles. The number of hydrogen-bond acceptors (Lipinski definition) is 4. The molecule has 0 fully saturated rings. The van der Waals surface area contributed by atoms with Crippen molar-refractivity contribution in [3.63, 3.8) is 0 Å². The van der Waals surface area contributed by atoms with Crippen LogP contribution in [0.1, 0.15) is 42.9 Å². The maximum Gasteiger partial charge on any atom is 0.226 e. The average Bonchev–Trinajstić information content (AvgIpc) is 3.12. The molecule has 0 saturated carbocycles. The fourth-order valence-electron chi connectivity index (χ4n) is 2.40. The van der Waals surface area contributed by atoms with Crippen molar-refractivity contribution in [2.45, 2.75) is 32.4 Å². The second kappa shape index (κ2) is 8.13. The summed E-state index contributed by atoms with van der Waals surface area (Å²) in [7, 11) is 1.59. The van der Waals surface area contributed by atoms with Crippen LogP contribution >= 0.6 is 11.3 Å². The van der Waals surface area contributed by atoms with Crippen molar-refractivity contribution in [2.24, 2.45) is 5.92 Å². The lowest BCUT2D eigenvalue weighted by atomic mass is 9.96. The van der Waals surface area contributed by atoms with Crippen molar-refractivity contribution >= 4 is 17.2 Å². The predicted octanol–water partition coefficient (Wildman–Crippen LogP) is 3.69. The third-order valence-corrected chi connectivity index (χ3v) is 4.94. The van der Waals surface area contributed by atoms with Crippen LogP contribution in [-0.4, -0.2) is 18.1 Å². The SMILES string of the molecule is CC[C@H](NC(=O)[C@H](C)[C@@H](O)c1ccc(OC)cc1)c1cccs1. The Hall–Kier alpha value is -1.85. The molecule has 2 N–H and O–H groups in total. The Kier molecular flexibility index (Phi) is 6.19. The van der Waals surface area contributed by atoms with Crippen molar-refractivity contribution < 1.29 is 14.6 Å². The van der Waals surface area contributed by atoms with Gasteiger partial charge in [0.05, 0.1) is 25.2 Å². The van der Waals surface area contributed by atoms with Crippen LogP contribution in [0.15, 0.2) is 41.8 Å². The summed E-state index contributed by atoms with van der Waals surface area (Å²) in [5.41, 5.74) is 0.706. The van der Waals surface area contributed by atoms with E-state index in [0.717, 1.165) is 17.0 Å². The van der Waals surface area contributed by atoms with Gasteiger partial charge in [-0.25, -0.2) is 0 Å². The van der Waals surface area contributed by atoms with Gasteiger partial charge in [0.1, 0.15) is 5.75 Å². The molecule has 4 nitrogen and oxygen atoms in total. The number of hydrogen-bond donors (Lipinski definition) is 2. The van der Waals surface area contributed by atoms with Crippen LogP contribution in [-0.2, 0) is 4.79 Å². The number of nitrogens with one attached hydrogen (secondary N) is 1. The van der Waals surface area contributed by atoms with Crippen molar-refractivity contribution in [1.29, 1.82) is 0 Å². The zero-order chi connectivity index (χ0) is 16.8. The first-order valence-corrected chi connectivity index (χ1v) is 8.60. The van der Waals surface area contributed by atoms with Gasteiger partial charge in [0.15, 0.2) is 0 Å². The zero-order valence-corrected chi connectivity index (χ0v) is 14.5. The van der Waals surface area contributed by atoms with Crippen molar-refractivity contribution in [3.8, 4) is 5.75 Å². The Labute approximate surface area is 141 Å². The molecule has 0 radical (unpaired) electrons. The normalized spacial score (nSPS) is 14.8. The lowest BCUT2D eigenvalue weighted by Crippen LogP contribution is -2.35.